The number of halogens is 4. The number of likely N-dealkylation sites (tertiary alicyclic amines) is 1. The lowest BCUT2D eigenvalue weighted by Gasteiger charge is -2.32. The number of amides is 2. The van der Waals surface area contributed by atoms with Crippen LogP contribution >= 0.6 is 11.6 Å². The van der Waals surface area contributed by atoms with Crippen LogP contribution in [0.3, 0.4) is 0 Å². The fraction of sp³-hybridized carbons (Fsp3) is 0.320. The first-order valence-electron chi connectivity index (χ1n) is 11.2. The lowest BCUT2D eigenvalue weighted by Crippen LogP contribution is -2.44. The summed E-state index contributed by atoms with van der Waals surface area (Å²) in [6.07, 6.45) is -2.01. The first kappa shape index (κ1) is 24.8. The lowest BCUT2D eigenvalue weighted by atomic mass is 9.90. The molecule has 0 saturated carbocycles. The Morgan fingerprint density at radius 2 is 1.77 bits per heavy atom. The quantitative estimate of drug-likeness (QED) is 0.498. The molecule has 35 heavy (non-hydrogen) atoms. The number of aromatic amines is 1. The van der Waals surface area contributed by atoms with Crippen LogP contribution in [0, 0.1) is 5.92 Å². The summed E-state index contributed by atoms with van der Waals surface area (Å²) >= 11 is 6.25. The SMILES string of the molecule is O=C(NCC(=O)N1CCC(Cc2ccccc2Cl)CC1)c1cc(-c2ccccc2C(F)(F)F)n[nH]1. The normalized spacial score (nSPS) is 14.7. The van der Waals surface area contributed by atoms with Crippen molar-refractivity contribution in [3.05, 3.63) is 76.4 Å². The number of carbonyl (C=O) groups excluding carboxylic acids is 2. The first-order chi connectivity index (χ1) is 16.7. The van der Waals surface area contributed by atoms with Crippen LogP contribution in [0.4, 0.5) is 13.2 Å². The Hall–Kier alpha value is -3.33. The predicted molar refractivity (Wildman–Crippen MR) is 126 cm³/mol. The number of aromatic nitrogens is 2. The van der Waals surface area contributed by atoms with Gasteiger partial charge in [-0.1, -0.05) is 48.0 Å². The van der Waals surface area contributed by atoms with Gasteiger partial charge >= 0.3 is 6.18 Å². The maximum Gasteiger partial charge on any atom is 0.417 e. The number of nitrogens with zero attached hydrogens (tertiary/aromatic N) is 2. The lowest BCUT2D eigenvalue weighted by molar-refractivity contribution is -0.137. The molecule has 0 spiro atoms. The summed E-state index contributed by atoms with van der Waals surface area (Å²) in [5.41, 5.74) is 0.0961. The number of benzene rings is 2. The van der Waals surface area contributed by atoms with Gasteiger partial charge in [-0.2, -0.15) is 18.3 Å². The highest BCUT2D eigenvalue weighted by Gasteiger charge is 2.34. The number of piperidine rings is 1. The van der Waals surface area contributed by atoms with Crippen LogP contribution in [-0.2, 0) is 17.4 Å². The van der Waals surface area contributed by atoms with E-state index < -0.39 is 17.6 Å². The van der Waals surface area contributed by atoms with E-state index in [1.165, 1.54) is 24.3 Å². The molecule has 0 unspecified atom stereocenters. The monoisotopic (exact) mass is 504 g/mol. The minimum Gasteiger partial charge on any atom is -0.342 e. The van der Waals surface area contributed by atoms with Crippen molar-refractivity contribution in [1.82, 2.24) is 20.4 Å². The van der Waals surface area contributed by atoms with Gasteiger partial charge in [0.2, 0.25) is 5.91 Å². The Balaban J connectivity index is 1.29. The zero-order valence-electron chi connectivity index (χ0n) is 18.7. The second-order valence-electron chi connectivity index (χ2n) is 8.51. The van der Waals surface area contributed by atoms with Crippen molar-refractivity contribution < 1.29 is 22.8 Å². The summed E-state index contributed by atoms with van der Waals surface area (Å²) in [6.45, 7) is 0.972. The predicted octanol–water partition coefficient (Wildman–Crippen LogP) is 4.96. The third-order valence-corrected chi connectivity index (χ3v) is 6.53. The number of H-pyrrole nitrogens is 1. The number of nitrogens with one attached hydrogen (secondary N) is 2. The molecule has 3 aromatic rings. The molecule has 2 heterocycles. The van der Waals surface area contributed by atoms with Crippen LogP contribution in [0.5, 0.6) is 0 Å². The molecule has 0 bridgehead atoms. The molecule has 1 aliphatic heterocycles. The van der Waals surface area contributed by atoms with Crippen LogP contribution < -0.4 is 5.32 Å². The maximum absolute atomic E-state index is 13.3. The Kier molecular flexibility index (Phi) is 7.45. The highest BCUT2D eigenvalue weighted by molar-refractivity contribution is 6.31. The zero-order chi connectivity index (χ0) is 25.0. The fourth-order valence-electron chi connectivity index (χ4n) is 4.25. The van der Waals surface area contributed by atoms with Crippen LogP contribution in [0.25, 0.3) is 11.3 Å². The van der Waals surface area contributed by atoms with Gasteiger partial charge in [0.15, 0.2) is 0 Å². The fourth-order valence-corrected chi connectivity index (χ4v) is 4.47. The van der Waals surface area contributed by atoms with Gasteiger partial charge in [-0.05, 0) is 48.9 Å². The van der Waals surface area contributed by atoms with Crippen molar-refractivity contribution >= 4 is 23.4 Å². The molecular formula is C25H24ClF3N4O2. The number of hydrogen-bond donors (Lipinski definition) is 2. The zero-order valence-corrected chi connectivity index (χ0v) is 19.5. The Morgan fingerprint density at radius 3 is 2.49 bits per heavy atom. The van der Waals surface area contributed by atoms with Gasteiger partial charge in [0.25, 0.3) is 5.91 Å². The maximum atomic E-state index is 13.3. The molecule has 2 amide bonds. The van der Waals surface area contributed by atoms with Crippen LogP contribution in [0.2, 0.25) is 5.02 Å². The van der Waals surface area contributed by atoms with Crippen LogP contribution in [0.15, 0.2) is 54.6 Å². The molecule has 2 aromatic carbocycles. The summed E-state index contributed by atoms with van der Waals surface area (Å²) < 4.78 is 39.8. The van der Waals surface area contributed by atoms with Gasteiger partial charge in [-0.25, -0.2) is 0 Å². The molecule has 1 fully saturated rings. The van der Waals surface area contributed by atoms with Crippen LogP contribution in [0.1, 0.15) is 34.5 Å². The minimum atomic E-state index is -4.55. The van der Waals surface area contributed by atoms with Gasteiger partial charge < -0.3 is 10.2 Å². The van der Waals surface area contributed by atoms with E-state index in [1.54, 1.807) is 4.90 Å². The van der Waals surface area contributed by atoms with Crippen molar-refractivity contribution in [2.75, 3.05) is 19.6 Å². The number of rotatable bonds is 6. The molecule has 0 radical (unpaired) electrons. The molecular weight excluding hydrogens is 481 g/mol. The van der Waals surface area contributed by atoms with E-state index >= 15 is 0 Å². The summed E-state index contributed by atoms with van der Waals surface area (Å²) in [7, 11) is 0. The third-order valence-electron chi connectivity index (χ3n) is 6.16. The molecule has 1 aromatic heterocycles. The van der Waals surface area contributed by atoms with E-state index in [9.17, 15) is 22.8 Å². The van der Waals surface area contributed by atoms with Gasteiger partial charge in [-0.3, -0.25) is 14.7 Å². The van der Waals surface area contributed by atoms with Gasteiger partial charge in [0, 0.05) is 23.7 Å². The minimum absolute atomic E-state index is 0.00464. The van der Waals surface area contributed by atoms with E-state index in [0.29, 0.717) is 19.0 Å². The van der Waals surface area contributed by atoms with Crippen molar-refractivity contribution in [3.63, 3.8) is 0 Å². The molecule has 6 nitrogen and oxygen atoms in total. The van der Waals surface area contributed by atoms with E-state index in [4.69, 9.17) is 11.6 Å². The third kappa shape index (κ3) is 6.03. The van der Waals surface area contributed by atoms with E-state index in [1.807, 2.05) is 24.3 Å². The second-order valence-corrected chi connectivity index (χ2v) is 8.92. The molecule has 4 rings (SSSR count). The average Bonchev–Trinajstić information content (AvgIpc) is 3.34. The standard InChI is InChI=1S/C25H24ClF3N4O2/c26-20-8-4-1-5-17(20)13-16-9-11-33(12-10-16)23(34)15-30-24(35)22-14-21(31-32-22)18-6-2-3-7-19(18)25(27,28)29/h1-8,14,16H,9-13,15H2,(H,30,35)(H,31,32). The van der Waals surface area contributed by atoms with Gasteiger partial charge in [0.1, 0.15) is 5.69 Å². The first-order valence-corrected chi connectivity index (χ1v) is 11.6. The molecule has 0 atom stereocenters. The Morgan fingerprint density at radius 1 is 1.09 bits per heavy atom. The van der Waals surface area contributed by atoms with Crippen molar-refractivity contribution in [2.45, 2.75) is 25.4 Å². The highest BCUT2D eigenvalue weighted by Crippen LogP contribution is 2.36. The van der Waals surface area contributed by atoms with E-state index in [2.05, 4.69) is 15.5 Å². The van der Waals surface area contributed by atoms with Gasteiger partial charge in [0.05, 0.1) is 17.8 Å². The second kappa shape index (κ2) is 10.5. The molecule has 1 aliphatic rings. The molecule has 184 valence electrons. The van der Waals surface area contributed by atoms with Crippen molar-refractivity contribution in [2.24, 2.45) is 5.92 Å². The van der Waals surface area contributed by atoms with E-state index in [-0.39, 0.29) is 29.4 Å². The van der Waals surface area contributed by atoms with Crippen molar-refractivity contribution in [3.8, 4) is 11.3 Å². The molecule has 2 N–H and O–H groups in total. The van der Waals surface area contributed by atoms with E-state index in [0.717, 1.165) is 35.9 Å². The molecule has 0 aliphatic carbocycles. The molecule has 1 saturated heterocycles. The Labute approximate surface area is 205 Å². The van der Waals surface area contributed by atoms with Crippen molar-refractivity contribution in [1.29, 1.82) is 0 Å². The largest absolute Gasteiger partial charge is 0.417 e. The summed E-state index contributed by atoms with van der Waals surface area (Å²) in [5, 5.41) is 9.58. The summed E-state index contributed by atoms with van der Waals surface area (Å²) in [6, 6.07) is 14.0. The topological polar surface area (TPSA) is 78.1 Å². The highest BCUT2D eigenvalue weighted by atomic mass is 35.5. The number of alkyl halides is 3. The number of hydrogen-bond acceptors (Lipinski definition) is 3. The molecule has 10 heteroatoms. The smallest absolute Gasteiger partial charge is 0.342 e. The summed E-state index contributed by atoms with van der Waals surface area (Å²) in [4.78, 5) is 26.7. The average molecular weight is 505 g/mol. The van der Waals surface area contributed by atoms with Gasteiger partial charge in [-0.15, -0.1) is 0 Å². The Bertz CT molecular complexity index is 1200. The van der Waals surface area contributed by atoms with Crippen LogP contribution in [-0.4, -0.2) is 46.5 Å². The number of carbonyl (C=O) groups is 2. The summed E-state index contributed by atoms with van der Waals surface area (Å²) in [5.74, 6) is -0.400.